The Kier molecular flexibility index (Phi) is 4.82. The average molecular weight is 305 g/mol. The SMILES string of the molecule is NCCCNc1ccc(S(=O)(=O)c2ccc(N)cc2)cc1. The van der Waals surface area contributed by atoms with E-state index in [1.807, 2.05) is 0 Å². The van der Waals surface area contributed by atoms with Gasteiger partial charge in [-0.3, -0.25) is 0 Å². The number of nitrogen functional groups attached to an aromatic ring is 1. The summed E-state index contributed by atoms with van der Waals surface area (Å²) in [6, 6.07) is 12.9. The van der Waals surface area contributed by atoms with E-state index in [0.717, 1.165) is 18.7 Å². The van der Waals surface area contributed by atoms with Gasteiger partial charge in [-0.2, -0.15) is 0 Å². The number of anilines is 2. The number of rotatable bonds is 6. The van der Waals surface area contributed by atoms with Gasteiger partial charge in [0.25, 0.3) is 0 Å². The van der Waals surface area contributed by atoms with E-state index in [2.05, 4.69) is 5.32 Å². The van der Waals surface area contributed by atoms with E-state index in [9.17, 15) is 8.42 Å². The fourth-order valence-corrected chi connectivity index (χ4v) is 3.13. The van der Waals surface area contributed by atoms with Crippen LogP contribution in [-0.4, -0.2) is 21.5 Å². The molecule has 2 rings (SSSR count). The van der Waals surface area contributed by atoms with Gasteiger partial charge in [-0.25, -0.2) is 8.42 Å². The molecule has 0 unspecified atom stereocenters. The van der Waals surface area contributed by atoms with Crippen LogP contribution in [0.1, 0.15) is 6.42 Å². The molecule has 2 aromatic rings. The Morgan fingerprint density at radius 1 is 0.905 bits per heavy atom. The molecule has 5 nitrogen and oxygen atoms in total. The second kappa shape index (κ2) is 6.60. The van der Waals surface area contributed by atoms with Crippen LogP contribution in [0.2, 0.25) is 0 Å². The number of hydrogen-bond acceptors (Lipinski definition) is 5. The maximum atomic E-state index is 12.4. The number of nitrogens with two attached hydrogens (primary N) is 2. The largest absolute Gasteiger partial charge is 0.399 e. The summed E-state index contributed by atoms with van der Waals surface area (Å²) in [6.07, 6.45) is 0.867. The van der Waals surface area contributed by atoms with Gasteiger partial charge in [0, 0.05) is 17.9 Å². The highest BCUT2D eigenvalue weighted by atomic mass is 32.2. The lowest BCUT2D eigenvalue weighted by molar-refractivity contribution is 0.596. The molecule has 0 radical (unpaired) electrons. The molecule has 0 spiro atoms. The Hall–Kier alpha value is -2.05. The van der Waals surface area contributed by atoms with Gasteiger partial charge in [-0.05, 0) is 61.5 Å². The third-order valence-electron chi connectivity index (χ3n) is 3.07. The fourth-order valence-electron chi connectivity index (χ4n) is 1.87. The summed E-state index contributed by atoms with van der Waals surface area (Å²) in [5.41, 5.74) is 12.4. The zero-order valence-corrected chi connectivity index (χ0v) is 12.4. The molecule has 0 aromatic heterocycles. The van der Waals surface area contributed by atoms with E-state index in [-0.39, 0.29) is 9.79 Å². The molecule has 0 amide bonds. The van der Waals surface area contributed by atoms with Crippen molar-refractivity contribution < 1.29 is 8.42 Å². The summed E-state index contributed by atoms with van der Waals surface area (Å²) in [4.78, 5) is 0.497. The highest BCUT2D eigenvalue weighted by molar-refractivity contribution is 7.91. The molecule has 0 aliphatic rings. The highest BCUT2D eigenvalue weighted by Gasteiger charge is 2.17. The number of sulfone groups is 1. The molecule has 0 aliphatic carbocycles. The van der Waals surface area contributed by atoms with E-state index in [1.54, 1.807) is 36.4 Å². The van der Waals surface area contributed by atoms with E-state index >= 15 is 0 Å². The summed E-state index contributed by atoms with van der Waals surface area (Å²) >= 11 is 0. The normalized spacial score (nSPS) is 11.3. The molecule has 0 heterocycles. The van der Waals surface area contributed by atoms with Crippen molar-refractivity contribution in [1.82, 2.24) is 0 Å². The van der Waals surface area contributed by atoms with Crippen LogP contribution in [0.4, 0.5) is 11.4 Å². The van der Waals surface area contributed by atoms with Crippen LogP contribution in [0.25, 0.3) is 0 Å². The summed E-state index contributed by atoms with van der Waals surface area (Å²) in [7, 11) is -3.50. The first-order chi connectivity index (χ1) is 10.0. The lowest BCUT2D eigenvalue weighted by Crippen LogP contribution is -2.08. The van der Waals surface area contributed by atoms with E-state index in [0.29, 0.717) is 12.2 Å². The van der Waals surface area contributed by atoms with Gasteiger partial charge < -0.3 is 16.8 Å². The minimum absolute atomic E-state index is 0.237. The number of nitrogens with one attached hydrogen (secondary N) is 1. The summed E-state index contributed by atoms with van der Waals surface area (Å²) < 4.78 is 24.9. The van der Waals surface area contributed by atoms with E-state index in [1.165, 1.54) is 12.1 Å². The maximum Gasteiger partial charge on any atom is 0.206 e. The van der Waals surface area contributed by atoms with Gasteiger partial charge in [-0.15, -0.1) is 0 Å². The monoisotopic (exact) mass is 305 g/mol. The zero-order chi connectivity index (χ0) is 15.3. The molecule has 112 valence electrons. The van der Waals surface area contributed by atoms with Crippen LogP contribution in [0.5, 0.6) is 0 Å². The van der Waals surface area contributed by atoms with Crippen LogP contribution in [0.3, 0.4) is 0 Å². The maximum absolute atomic E-state index is 12.4. The molecule has 0 aliphatic heterocycles. The molecule has 5 N–H and O–H groups in total. The lowest BCUT2D eigenvalue weighted by Gasteiger charge is -2.08. The summed E-state index contributed by atoms with van der Waals surface area (Å²) in [5.74, 6) is 0. The average Bonchev–Trinajstić information content (AvgIpc) is 2.48. The first kappa shape index (κ1) is 15.3. The van der Waals surface area contributed by atoms with Crippen molar-refractivity contribution in [3.8, 4) is 0 Å². The molecule has 0 saturated carbocycles. The fraction of sp³-hybridized carbons (Fsp3) is 0.200. The second-order valence-electron chi connectivity index (χ2n) is 4.67. The predicted molar refractivity (Wildman–Crippen MR) is 84.9 cm³/mol. The number of benzene rings is 2. The van der Waals surface area contributed by atoms with Crippen LogP contribution in [-0.2, 0) is 9.84 Å². The molecule has 0 atom stereocenters. The van der Waals surface area contributed by atoms with Crippen LogP contribution >= 0.6 is 0 Å². The Labute approximate surface area is 124 Å². The van der Waals surface area contributed by atoms with Crippen molar-refractivity contribution in [2.24, 2.45) is 5.73 Å². The van der Waals surface area contributed by atoms with Crippen LogP contribution in [0, 0.1) is 0 Å². The topological polar surface area (TPSA) is 98.2 Å². The molecular formula is C15H19N3O2S. The smallest absolute Gasteiger partial charge is 0.206 e. The third kappa shape index (κ3) is 3.74. The molecule has 21 heavy (non-hydrogen) atoms. The van der Waals surface area contributed by atoms with E-state index in [4.69, 9.17) is 11.5 Å². The van der Waals surface area contributed by atoms with Gasteiger partial charge in [0.2, 0.25) is 9.84 Å². The molecule has 0 saturated heterocycles. The highest BCUT2D eigenvalue weighted by Crippen LogP contribution is 2.23. The molecule has 0 bridgehead atoms. The van der Waals surface area contributed by atoms with Crippen molar-refractivity contribution in [1.29, 1.82) is 0 Å². The third-order valence-corrected chi connectivity index (χ3v) is 4.85. The predicted octanol–water partition coefficient (Wildman–Crippen LogP) is 1.86. The molecule has 6 heteroatoms. The molecule has 2 aromatic carbocycles. The lowest BCUT2D eigenvalue weighted by atomic mass is 10.3. The molecule has 0 fully saturated rings. The van der Waals surface area contributed by atoms with Gasteiger partial charge in [0.1, 0.15) is 0 Å². The van der Waals surface area contributed by atoms with Crippen molar-refractivity contribution in [2.45, 2.75) is 16.2 Å². The second-order valence-corrected chi connectivity index (χ2v) is 6.62. The quantitative estimate of drug-likeness (QED) is 0.559. The van der Waals surface area contributed by atoms with Gasteiger partial charge in [0.05, 0.1) is 9.79 Å². The minimum atomic E-state index is -3.50. The van der Waals surface area contributed by atoms with Crippen molar-refractivity contribution >= 4 is 21.2 Å². The van der Waals surface area contributed by atoms with Crippen LogP contribution in [0.15, 0.2) is 58.3 Å². The number of hydrogen-bond donors (Lipinski definition) is 3. The van der Waals surface area contributed by atoms with Crippen molar-refractivity contribution in [2.75, 3.05) is 24.1 Å². The summed E-state index contributed by atoms with van der Waals surface area (Å²) in [5, 5.41) is 3.18. The molecular weight excluding hydrogens is 286 g/mol. The van der Waals surface area contributed by atoms with Crippen molar-refractivity contribution in [3.05, 3.63) is 48.5 Å². The Balaban J connectivity index is 2.19. The Morgan fingerprint density at radius 3 is 1.95 bits per heavy atom. The van der Waals surface area contributed by atoms with Crippen LogP contribution < -0.4 is 16.8 Å². The van der Waals surface area contributed by atoms with E-state index < -0.39 is 9.84 Å². The van der Waals surface area contributed by atoms with Gasteiger partial charge in [-0.1, -0.05) is 0 Å². The first-order valence-corrected chi connectivity index (χ1v) is 8.17. The van der Waals surface area contributed by atoms with Gasteiger partial charge >= 0.3 is 0 Å². The zero-order valence-electron chi connectivity index (χ0n) is 11.6. The first-order valence-electron chi connectivity index (χ1n) is 6.68. The Morgan fingerprint density at radius 2 is 1.43 bits per heavy atom. The van der Waals surface area contributed by atoms with Crippen molar-refractivity contribution in [3.63, 3.8) is 0 Å². The summed E-state index contributed by atoms with van der Waals surface area (Å²) in [6.45, 7) is 1.39. The minimum Gasteiger partial charge on any atom is -0.399 e. The Bertz CT molecular complexity index is 680. The van der Waals surface area contributed by atoms with Gasteiger partial charge in [0.15, 0.2) is 0 Å². The standard InChI is InChI=1S/C15H19N3O2S/c16-10-1-11-18-13-4-8-15(9-5-13)21(19,20)14-6-2-12(17)3-7-14/h2-9,18H,1,10-11,16-17H2.